The largest absolute Gasteiger partial charge is 2.00 e. The molecule has 0 radical (unpaired) electrons. The molecule has 0 atom stereocenters. The summed E-state index contributed by atoms with van der Waals surface area (Å²) >= 11 is 0. The molecule has 0 aliphatic carbocycles. The predicted octanol–water partition coefficient (Wildman–Crippen LogP) is 3.12. The predicted molar refractivity (Wildman–Crippen MR) is 113 cm³/mol. The van der Waals surface area contributed by atoms with Crippen molar-refractivity contribution in [3.8, 4) is 17.2 Å². The number of aromatic carboxylic acids is 3. The number of hydrogen-bond acceptors (Lipinski definition) is 6. The standard InChI is InChI=1S/3C7H6O3.Mg.2H/c3*8-6-4-2-1-3-5(6)7(9)10;;;/h3*1-4,8H,(H,9,10);;;/q;;;+2;2*-1. The summed E-state index contributed by atoms with van der Waals surface area (Å²) in [4.78, 5) is 30.8. The third kappa shape index (κ3) is 9.06. The minimum Gasteiger partial charge on any atom is -1.00 e. The van der Waals surface area contributed by atoms with Crippen LogP contribution in [0.15, 0.2) is 72.8 Å². The molecule has 0 aliphatic heterocycles. The molecule has 31 heavy (non-hydrogen) atoms. The molecule has 6 N–H and O–H groups in total. The SMILES string of the molecule is O=C(O)c1ccccc1O.O=C(O)c1ccccc1O.O=C(O)c1ccccc1O.[H-].[H-].[Mg+2]. The van der Waals surface area contributed by atoms with E-state index in [1.54, 1.807) is 36.4 Å². The maximum absolute atomic E-state index is 10.3. The van der Waals surface area contributed by atoms with Crippen molar-refractivity contribution in [1.29, 1.82) is 0 Å². The van der Waals surface area contributed by atoms with E-state index >= 15 is 0 Å². The summed E-state index contributed by atoms with van der Waals surface area (Å²) in [6.07, 6.45) is 0. The zero-order valence-electron chi connectivity index (χ0n) is 18.0. The number of para-hydroxylation sites is 3. The molecule has 10 heteroatoms. The first-order valence-electron chi connectivity index (χ1n) is 8.19. The minimum absolute atomic E-state index is 0. The molecule has 3 rings (SSSR count). The van der Waals surface area contributed by atoms with Crippen molar-refractivity contribution in [3.05, 3.63) is 89.5 Å². The van der Waals surface area contributed by atoms with Gasteiger partial charge in [0.05, 0.1) is 0 Å². The Morgan fingerprint density at radius 2 is 0.677 bits per heavy atom. The summed E-state index contributed by atoms with van der Waals surface area (Å²) < 4.78 is 0. The molecule has 0 saturated heterocycles. The second kappa shape index (κ2) is 13.5. The molecule has 160 valence electrons. The second-order valence-corrected chi connectivity index (χ2v) is 5.47. The van der Waals surface area contributed by atoms with Crippen molar-refractivity contribution < 1.29 is 47.9 Å². The van der Waals surface area contributed by atoms with Gasteiger partial charge < -0.3 is 33.5 Å². The average molecular weight is 441 g/mol. The van der Waals surface area contributed by atoms with E-state index in [0.717, 1.165) is 0 Å². The fraction of sp³-hybridized carbons (Fsp3) is 0. The Morgan fingerprint density at radius 1 is 0.484 bits per heavy atom. The van der Waals surface area contributed by atoms with E-state index in [-0.39, 0.29) is 59.8 Å². The number of carboxylic acid groups (broad SMARTS) is 3. The van der Waals surface area contributed by atoms with Crippen molar-refractivity contribution in [3.63, 3.8) is 0 Å². The number of hydrogen-bond donors (Lipinski definition) is 6. The molecular formula is C21H20MgO9. The van der Waals surface area contributed by atoms with Crippen LogP contribution in [0, 0.1) is 0 Å². The zero-order chi connectivity index (χ0) is 22.7. The normalized spacial score (nSPS) is 8.90. The fourth-order valence-corrected chi connectivity index (χ4v) is 1.96. The summed E-state index contributed by atoms with van der Waals surface area (Å²) in [6, 6.07) is 17.4. The van der Waals surface area contributed by atoms with E-state index in [2.05, 4.69) is 0 Å². The van der Waals surface area contributed by atoms with Crippen molar-refractivity contribution in [1.82, 2.24) is 0 Å². The molecular weight excluding hydrogens is 421 g/mol. The van der Waals surface area contributed by atoms with Crippen LogP contribution in [0.2, 0.25) is 0 Å². The first-order valence-corrected chi connectivity index (χ1v) is 8.19. The molecule has 0 heterocycles. The Bertz CT molecular complexity index is 914. The molecule has 0 aromatic heterocycles. The van der Waals surface area contributed by atoms with Gasteiger partial charge in [-0.15, -0.1) is 0 Å². The van der Waals surface area contributed by atoms with Gasteiger partial charge in [-0.05, 0) is 36.4 Å². The number of benzene rings is 3. The van der Waals surface area contributed by atoms with Crippen LogP contribution in [0.4, 0.5) is 0 Å². The first-order chi connectivity index (χ1) is 14.1. The Labute approximate surface area is 195 Å². The third-order valence-corrected chi connectivity index (χ3v) is 3.40. The molecule has 0 bridgehead atoms. The molecule has 0 aliphatic rings. The van der Waals surface area contributed by atoms with Crippen LogP contribution < -0.4 is 0 Å². The van der Waals surface area contributed by atoms with Crippen molar-refractivity contribution in [2.45, 2.75) is 0 Å². The average Bonchev–Trinajstić information content (AvgIpc) is 2.69. The van der Waals surface area contributed by atoms with Crippen LogP contribution in [0.3, 0.4) is 0 Å². The quantitative estimate of drug-likeness (QED) is 0.334. The van der Waals surface area contributed by atoms with Crippen LogP contribution in [0.25, 0.3) is 0 Å². The van der Waals surface area contributed by atoms with Gasteiger partial charge >= 0.3 is 41.0 Å². The second-order valence-electron chi connectivity index (χ2n) is 5.47. The zero-order valence-corrected chi connectivity index (χ0v) is 17.5. The Morgan fingerprint density at radius 3 is 0.806 bits per heavy atom. The molecule has 0 saturated carbocycles. The number of carboxylic acids is 3. The summed E-state index contributed by atoms with van der Waals surface area (Å²) in [5.41, 5.74) is -0.201. The van der Waals surface area contributed by atoms with Gasteiger partial charge in [0.2, 0.25) is 0 Å². The molecule has 3 aromatic rings. The molecule has 0 unspecified atom stereocenters. The van der Waals surface area contributed by atoms with Crippen LogP contribution in [0.1, 0.15) is 33.9 Å². The number of aromatic hydroxyl groups is 3. The molecule has 0 fully saturated rings. The van der Waals surface area contributed by atoms with Gasteiger partial charge in [-0.25, -0.2) is 14.4 Å². The first kappa shape index (κ1) is 27.2. The number of rotatable bonds is 3. The number of carbonyl (C=O) groups is 3. The van der Waals surface area contributed by atoms with E-state index in [1.165, 1.54) is 36.4 Å². The molecule has 3 aromatic carbocycles. The van der Waals surface area contributed by atoms with Gasteiger partial charge in [-0.1, -0.05) is 36.4 Å². The monoisotopic (exact) mass is 440 g/mol. The fourth-order valence-electron chi connectivity index (χ4n) is 1.96. The van der Waals surface area contributed by atoms with E-state index in [4.69, 9.17) is 30.6 Å². The van der Waals surface area contributed by atoms with Gasteiger partial charge in [0.15, 0.2) is 0 Å². The Balaban J connectivity index is -0.000000391. The molecule has 0 spiro atoms. The minimum atomic E-state index is -1.11. The Kier molecular flexibility index (Phi) is 11.8. The summed E-state index contributed by atoms with van der Waals surface area (Å²) in [7, 11) is 0. The van der Waals surface area contributed by atoms with E-state index in [1.807, 2.05) is 0 Å². The van der Waals surface area contributed by atoms with Gasteiger partial charge in [0.25, 0.3) is 0 Å². The van der Waals surface area contributed by atoms with E-state index in [0.29, 0.717) is 0 Å². The van der Waals surface area contributed by atoms with Gasteiger partial charge in [0.1, 0.15) is 33.9 Å². The maximum Gasteiger partial charge on any atom is 2.00 e. The summed E-state index contributed by atoms with van der Waals surface area (Å²) in [5, 5.41) is 51.9. The maximum atomic E-state index is 10.3. The van der Waals surface area contributed by atoms with Gasteiger partial charge in [-0.2, -0.15) is 0 Å². The van der Waals surface area contributed by atoms with Crippen LogP contribution in [-0.2, 0) is 0 Å². The molecule has 9 nitrogen and oxygen atoms in total. The molecule has 0 amide bonds. The van der Waals surface area contributed by atoms with Crippen LogP contribution in [-0.4, -0.2) is 71.6 Å². The van der Waals surface area contributed by atoms with Gasteiger partial charge in [0, 0.05) is 0 Å². The van der Waals surface area contributed by atoms with E-state index in [9.17, 15) is 14.4 Å². The Hall–Kier alpha value is -3.76. The summed E-state index contributed by atoms with van der Waals surface area (Å²) in [6.45, 7) is 0. The number of phenols is 3. The topological polar surface area (TPSA) is 173 Å². The third-order valence-electron chi connectivity index (χ3n) is 3.40. The van der Waals surface area contributed by atoms with Crippen LogP contribution >= 0.6 is 0 Å². The smallest absolute Gasteiger partial charge is 1.00 e. The van der Waals surface area contributed by atoms with Crippen molar-refractivity contribution in [2.75, 3.05) is 0 Å². The van der Waals surface area contributed by atoms with Crippen LogP contribution in [0.5, 0.6) is 17.2 Å². The van der Waals surface area contributed by atoms with E-state index < -0.39 is 17.9 Å². The van der Waals surface area contributed by atoms with Crippen molar-refractivity contribution >= 4 is 41.0 Å². The van der Waals surface area contributed by atoms with Crippen molar-refractivity contribution in [2.24, 2.45) is 0 Å². The summed E-state index contributed by atoms with van der Waals surface area (Å²) in [5.74, 6) is -3.94. The van der Waals surface area contributed by atoms with Gasteiger partial charge in [-0.3, -0.25) is 0 Å².